The third-order valence-electron chi connectivity index (χ3n) is 0.283. The molecule has 0 spiro atoms. The summed E-state index contributed by atoms with van der Waals surface area (Å²) in [6.45, 7) is 0. The van der Waals surface area contributed by atoms with Crippen molar-refractivity contribution < 1.29 is 15.3 Å². The Balaban J connectivity index is 3.26. The zero-order chi connectivity index (χ0) is 6.41. The summed E-state index contributed by atoms with van der Waals surface area (Å²) >= 11 is 0. The monoisotopic (exact) mass is 188 g/mol. The first-order valence-corrected chi connectivity index (χ1v) is 8.11. The molecule has 0 aromatic carbocycles. The van der Waals surface area contributed by atoms with Crippen molar-refractivity contribution in [1.29, 1.82) is 0 Å². The highest BCUT2D eigenvalue weighted by atomic mass is 32.6. The second-order valence-corrected chi connectivity index (χ2v) is 8.64. The van der Waals surface area contributed by atoms with Gasteiger partial charge < -0.3 is 15.3 Å². The predicted molar refractivity (Wildman–Crippen MR) is 39.4 cm³/mol. The van der Waals surface area contributed by atoms with Gasteiger partial charge in [-0.2, -0.15) is 0 Å². The molecule has 0 rings (SSSR count). The van der Waals surface area contributed by atoms with Crippen LogP contribution < -0.4 is 10.4 Å². The second-order valence-electron chi connectivity index (χ2n) is 0.717. The second kappa shape index (κ2) is 6.46. The minimum atomic E-state index is -0.682. The average molecular weight is 188 g/mol. The molecule has 3 unspecified atom stereocenters. The van der Waals surface area contributed by atoms with E-state index in [0.717, 1.165) is 0 Å². The van der Waals surface area contributed by atoms with E-state index in [1.807, 2.05) is 0 Å². The van der Waals surface area contributed by atoms with Gasteiger partial charge in [0.05, 0.1) is 0 Å². The molecule has 0 heterocycles. The van der Waals surface area contributed by atoms with Crippen molar-refractivity contribution in [2.45, 2.75) is 0 Å². The van der Waals surface area contributed by atoms with E-state index in [9.17, 15) is 10.4 Å². The molecule has 0 aliphatic heterocycles. The summed E-state index contributed by atoms with van der Waals surface area (Å²) in [4.78, 5) is 3.15. The van der Waals surface area contributed by atoms with Crippen LogP contribution in [0.5, 0.6) is 0 Å². The lowest BCUT2D eigenvalue weighted by molar-refractivity contribution is -0.664. The van der Waals surface area contributed by atoms with Gasteiger partial charge in [-0.05, 0) is 13.6 Å². The Hall–Kier alpha value is 1.34. The summed E-state index contributed by atoms with van der Waals surface area (Å²) in [6.07, 6.45) is 0. The van der Waals surface area contributed by atoms with Crippen LogP contribution in [0.2, 0.25) is 0 Å². The fourth-order valence-electron chi connectivity index (χ4n) is 0.0966. The van der Waals surface area contributed by atoms with Gasteiger partial charge in [0.25, 0.3) is 0 Å². The molecule has 7 heteroatoms. The summed E-state index contributed by atoms with van der Waals surface area (Å²) in [5, 5.41) is 19.3. The largest absolute Gasteiger partial charge is 0.805 e. The maximum absolute atomic E-state index is 10.0. The molecule has 0 radical (unpaired) electrons. The van der Waals surface area contributed by atoms with Gasteiger partial charge in [-0.3, -0.25) is 0 Å². The molecule has 8 heavy (non-hydrogen) atoms. The Labute approximate surface area is 54.4 Å². The Morgan fingerprint density at radius 2 is 2.38 bits per heavy atom. The standard InChI is InChI=1S/CH6O3P4/c2-1(4-3)6-8-7-5/h2-3,7-8H,5H2/p-2. The summed E-state index contributed by atoms with van der Waals surface area (Å²) in [5.41, 5.74) is -0.682. The van der Waals surface area contributed by atoms with Crippen molar-refractivity contribution in [3.8, 4) is 0 Å². The van der Waals surface area contributed by atoms with Crippen LogP contribution in [0.3, 0.4) is 0 Å². The molecule has 0 fully saturated rings. The molecule has 0 saturated heterocycles. The smallest absolute Gasteiger partial charge is 0.0171 e. The summed E-state index contributed by atoms with van der Waals surface area (Å²) in [6, 6.07) is 0. The first-order chi connectivity index (χ1) is 3.81. The lowest BCUT2D eigenvalue weighted by Crippen LogP contribution is -2.24. The zero-order valence-electron chi connectivity index (χ0n) is 3.75. The molecule has 0 aliphatic carbocycles. The SMILES string of the molecule is [O-]OC([O-])=PPPP. The Bertz CT molecular complexity index is 81.4. The predicted octanol–water partition coefficient (Wildman–Crippen LogP) is -0.351. The lowest BCUT2D eigenvalue weighted by Gasteiger charge is -2.13. The van der Waals surface area contributed by atoms with Crippen molar-refractivity contribution in [2.24, 2.45) is 0 Å². The summed E-state index contributed by atoms with van der Waals surface area (Å²) in [7, 11) is 4.11. The minimum absolute atomic E-state index is 0.487. The first kappa shape index (κ1) is 9.34. The van der Waals surface area contributed by atoms with Gasteiger partial charge in [-0.25, -0.2) is 0 Å². The quantitative estimate of drug-likeness (QED) is 0.345. The summed E-state index contributed by atoms with van der Waals surface area (Å²) < 4.78 is 0. The molecular weight excluding hydrogens is 184 g/mol. The van der Waals surface area contributed by atoms with Crippen LogP contribution >= 0.6 is 32.7 Å². The molecule has 3 atom stereocenters. The molecule has 0 aliphatic rings. The van der Waals surface area contributed by atoms with Gasteiger partial charge in [0.2, 0.25) is 0 Å². The molecule has 0 saturated carbocycles. The van der Waals surface area contributed by atoms with E-state index in [0.29, 0.717) is 23.8 Å². The molecule has 0 bridgehead atoms. The third-order valence-corrected chi connectivity index (χ3v) is 7.71. The van der Waals surface area contributed by atoms with Crippen molar-refractivity contribution >= 4 is 38.4 Å². The molecule has 3 nitrogen and oxygen atoms in total. The normalized spacial score (nSPS) is 15.1. The van der Waals surface area contributed by atoms with Gasteiger partial charge in [-0.15, -0.1) is 8.93 Å². The molecular formula is CH4O3P4-2. The van der Waals surface area contributed by atoms with Crippen LogP contribution in [0.25, 0.3) is 0 Å². The Kier molecular flexibility index (Phi) is 7.54. The molecule has 0 aromatic heterocycles. The van der Waals surface area contributed by atoms with Gasteiger partial charge in [0.15, 0.2) is 0 Å². The maximum Gasteiger partial charge on any atom is -0.0171 e. The van der Waals surface area contributed by atoms with Gasteiger partial charge >= 0.3 is 0 Å². The molecule has 0 N–H and O–H groups in total. The van der Waals surface area contributed by atoms with Crippen LogP contribution in [0, 0.1) is 0 Å². The van der Waals surface area contributed by atoms with Crippen molar-refractivity contribution in [1.82, 2.24) is 0 Å². The number of rotatable bonds is 3. The van der Waals surface area contributed by atoms with Crippen LogP contribution in [-0.4, -0.2) is 5.67 Å². The van der Waals surface area contributed by atoms with E-state index in [4.69, 9.17) is 0 Å². The van der Waals surface area contributed by atoms with E-state index >= 15 is 0 Å². The Morgan fingerprint density at radius 3 is 2.75 bits per heavy atom. The third kappa shape index (κ3) is 5.48. The van der Waals surface area contributed by atoms with Crippen molar-refractivity contribution in [3.63, 3.8) is 0 Å². The van der Waals surface area contributed by atoms with E-state index < -0.39 is 5.67 Å². The first-order valence-electron chi connectivity index (χ1n) is 1.56. The maximum atomic E-state index is 10.0. The van der Waals surface area contributed by atoms with E-state index in [1.165, 1.54) is 0 Å². The molecule has 0 amide bonds. The van der Waals surface area contributed by atoms with E-state index in [1.54, 1.807) is 0 Å². The highest BCUT2D eigenvalue weighted by molar-refractivity contribution is 8.56. The van der Waals surface area contributed by atoms with Crippen molar-refractivity contribution in [2.75, 3.05) is 0 Å². The van der Waals surface area contributed by atoms with E-state index in [-0.39, 0.29) is 0 Å². The van der Waals surface area contributed by atoms with Crippen molar-refractivity contribution in [3.05, 3.63) is 0 Å². The van der Waals surface area contributed by atoms with Gasteiger partial charge in [0, 0.05) is 0 Å². The molecule has 48 valence electrons. The van der Waals surface area contributed by atoms with Gasteiger partial charge in [-0.1, -0.05) is 15.9 Å². The highest BCUT2D eigenvalue weighted by Crippen LogP contribution is 2.52. The number of hydrogen-bond acceptors (Lipinski definition) is 3. The number of hydrogen-bond donors (Lipinski definition) is 0. The average Bonchev–Trinajstić information content (AvgIpc) is 1.83. The highest BCUT2D eigenvalue weighted by Gasteiger charge is 1.70. The topological polar surface area (TPSA) is 55.3 Å². The van der Waals surface area contributed by atoms with E-state index in [2.05, 4.69) is 13.8 Å². The van der Waals surface area contributed by atoms with Crippen LogP contribution in [0.15, 0.2) is 0 Å². The minimum Gasteiger partial charge on any atom is -0.805 e. The fraction of sp³-hybridized carbons (Fsp3) is 0. The van der Waals surface area contributed by atoms with Gasteiger partial charge in [0.1, 0.15) is 0 Å². The summed E-state index contributed by atoms with van der Waals surface area (Å²) in [5.74, 6) is 0. The van der Waals surface area contributed by atoms with Crippen LogP contribution in [-0.2, 0) is 4.89 Å². The zero-order valence-corrected chi connectivity index (χ0v) is 7.80. The van der Waals surface area contributed by atoms with Crippen LogP contribution in [0.1, 0.15) is 0 Å². The Morgan fingerprint density at radius 1 is 1.75 bits per heavy atom. The molecule has 0 aromatic rings. The van der Waals surface area contributed by atoms with Crippen LogP contribution in [0.4, 0.5) is 0 Å². The lowest BCUT2D eigenvalue weighted by atomic mass is 11.5. The fourth-order valence-corrected chi connectivity index (χ4v) is 4.01.